The Labute approximate surface area is 235 Å². The van der Waals surface area contributed by atoms with Crippen LogP contribution < -0.4 is 15.4 Å². The highest BCUT2D eigenvalue weighted by Crippen LogP contribution is 2.24. The van der Waals surface area contributed by atoms with Gasteiger partial charge in [0.05, 0.1) is 54.9 Å². The van der Waals surface area contributed by atoms with Crippen molar-refractivity contribution in [3.05, 3.63) is 95.1 Å². The van der Waals surface area contributed by atoms with E-state index in [0.717, 1.165) is 6.07 Å². The van der Waals surface area contributed by atoms with Gasteiger partial charge in [-0.3, -0.25) is 4.79 Å². The number of amides is 1. The molecule has 1 amide bonds. The molecule has 0 fully saturated rings. The van der Waals surface area contributed by atoms with Gasteiger partial charge in [-0.05, 0) is 42.0 Å². The molecule has 2 N–H and O–H groups in total. The van der Waals surface area contributed by atoms with Crippen LogP contribution in [0.25, 0.3) is 5.82 Å². The highest BCUT2D eigenvalue weighted by molar-refractivity contribution is 5.98. The number of pyridine rings is 1. The lowest BCUT2D eigenvalue weighted by Gasteiger charge is -2.14. The quantitative estimate of drug-likeness (QED) is 0.196. The second-order valence-electron chi connectivity index (χ2n) is 8.73. The Morgan fingerprint density at radius 1 is 1.10 bits per heavy atom. The summed E-state index contributed by atoms with van der Waals surface area (Å²) in [5.41, 5.74) is 2.54. The molecule has 0 aliphatic carbocycles. The fraction of sp³-hybridized carbons (Fsp3) is 0.207. The lowest BCUT2D eigenvalue weighted by molar-refractivity contribution is -0.115. The molecule has 2 aromatic heterocycles. The van der Waals surface area contributed by atoms with Crippen molar-refractivity contribution in [1.82, 2.24) is 14.8 Å². The molecule has 11 nitrogen and oxygen atoms in total. The molecule has 0 saturated heterocycles. The number of hydrogen-bond acceptors (Lipinski definition) is 9. The molecule has 2 heterocycles. The van der Waals surface area contributed by atoms with Crippen LogP contribution in [0, 0.1) is 17.1 Å². The van der Waals surface area contributed by atoms with Gasteiger partial charge >= 0.3 is 5.97 Å². The van der Waals surface area contributed by atoms with Crippen LogP contribution in [0.1, 0.15) is 27.0 Å². The van der Waals surface area contributed by atoms with Crippen molar-refractivity contribution in [2.45, 2.75) is 13.0 Å². The van der Waals surface area contributed by atoms with Gasteiger partial charge in [0.25, 0.3) is 0 Å². The molecular weight excluding hydrogens is 531 g/mol. The van der Waals surface area contributed by atoms with Crippen LogP contribution in [0.4, 0.5) is 15.8 Å². The molecule has 0 aliphatic rings. The number of hydrogen-bond donors (Lipinski definition) is 2. The first kappa shape index (κ1) is 28.7. The van der Waals surface area contributed by atoms with Gasteiger partial charge in [0.2, 0.25) is 11.8 Å². The molecule has 4 rings (SSSR count). The number of rotatable bonds is 12. The molecule has 210 valence electrons. The van der Waals surface area contributed by atoms with Crippen molar-refractivity contribution in [3.8, 4) is 17.8 Å². The van der Waals surface area contributed by atoms with Crippen molar-refractivity contribution >= 4 is 23.3 Å². The first-order chi connectivity index (χ1) is 19.9. The summed E-state index contributed by atoms with van der Waals surface area (Å²) in [5, 5.41) is 19.2. The molecule has 0 aliphatic heterocycles. The smallest absolute Gasteiger partial charge is 0.337 e. The summed E-state index contributed by atoms with van der Waals surface area (Å²) in [4.78, 5) is 29.2. The van der Waals surface area contributed by atoms with Crippen LogP contribution in [0.5, 0.6) is 5.88 Å². The van der Waals surface area contributed by atoms with E-state index < -0.39 is 11.8 Å². The van der Waals surface area contributed by atoms with Gasteiger partial charge < -0.3 is 24.8 Å². The van der Waals surface area contributed by atoms with E-state index in [1.165, 1.54) is 23.9 Å². The minimum absolute atomic E-state index is 0.0322. The van der Waals surface area contributed by atoms with E-state index in [1.54, 1.807) is 55.9 Å². The Bertz CT molecular complexity index is 1580. The third kappa shape index (κ3) is 7.65. The number of anilines is 2. The summed E-state index contributed by atoms with van der Waals surface area (Å²) in [6.07, 6.45) is 3.26. The summed E-state index contributed by atoms with van der Waals surface area (Å²) >= 11 is 0. The van der Waals surface area contributed by atoms with Crippen LogP contribution in [0.2, 0.25) is 0 Å². The van der Waals surface area contributed by atoms with Crippen molar-refractivity contribution < 1.29 is 28.2 Å². The summed E-state index contributed by atoms with van der Waals surface area (Å²) in [6, 6.07) is 15.9. The average molecular weight is 559 g/mol. The number of ether oxygens (including phenoxy) is 3. The minimum atomic E-state index is -0.535. The van der Waals surface area contributed by atoms with Crippen molar-refractivity contribution in [1.29, 1.82) is 5.26 Å². The van der Waals surface area contributed by atoms with Crippen molar-refractivity contribution in [2.75, 3.05) is 38.0 Å². The number of nitrogens with zero attached hydrogens (tertiary/aromatic N) is 4. The zero-order valence-corrected chi connectivity index (χ0v) is 22.4. The highest BCUT2D eigenvalue weighted by Gasteiger charge is 2.14. The highest BCUT2D eigenvalue weighted by atomic mass is 19.1. The Kier molecular flexibility index (Phi) is 9.58. The number of esters is 1. The summed E-state index contributed by atoms with van der Waals surface area (Å²) in [5.74, 6) is -0.621. The maximum absolute atomic E-state index is 14.2. The Morgan fingerprint density at radius 2 is 1.95 bits per heavy atom. The zero-order valence-electron chi connectivity index (χ0n) is 22.4. The van der Waals surface area contributed by atoms with E-state index in [0.29, 0.717) is 47.0 Å². The van der Waals surface area contributed by atoms with Gasteiger partial charge in [0.15, 0.2) is 5.82 Å². The van der Waals surface area contributed by atoms with Crippen LogP contribution in [-0.2, 0) is 27.3 Å². The van der Waals surface area contributed by atoms with Crippen LogP contribution in [0.3, 0.4) is 0 Å². The molecular formula is C29H27FN6O5. The Hall–Kier alpha value is -5.28. The number of carbonyl (C=O) groups excluding carboxylic acids is 2. The van der Waals surface area contributed by atoms with Gasteiger partial charge in [-0.1, -0.05) is 12.1 Å². The van der Waals surface area contributed by atoms with E-state index in [1.807, 2.05) is 6.07 Å². The second kappa shape index (κ2) is 13.7. The number of carbonyl (C=O) groups is 2. The van der Waals surface area contributed by atoms with Gasteiger partial charge in [0, 0.05) is 31.5 Å². The lowest BCUT2D eigenvalue weighted by Crippen LogP contribution is -2.17. The van der Waals surface area contributed by atoms with Crippen LogP contribution in [0.15, 0.2) is 67.0 Å². The normalized spacial score (nSPS) is 10.5. The molecule has 4 aromatic rings. The van der Waals surface area contributed by atoms with Crippen LogP contribution in [-0.4, -0.2) is 54.0 Å². The molecule has 0 spiro atoms. The first-order valence-corrected chi connectivity index (χ1v) is 12.5. The fourth-order valence-corrected chi connectivity index (χ4v) is 3.79. The van der Waals surface area contributed by atoms with Crippen molar-refractivity contribution in [2.24, 2.45) is 0 Å². The monoisotopic (exact) mass is 558 g/mol. The molecule has 0 unspecified atom stereocenters. The Balaban J connectivity index is 1.40. The minimum Gasteiger partial charge on any atom is -0.473 e. The number of aromatic nitrogens is 3. The average Bonchev–Trinajstić information content (AvgIpc) is 3.45. The number of nitrogens with one attached hydrogen (secondary N) is 2. The molecule has 0 saturated carbocycles. The maximum atomic E-state index is 14.2. The molecule has 0 bridgehead atoms. The third-order valence-corrected chi connectivity index (χ3v) is 5.84. The number of methoxy groups -OCH3 is 2. The van der Waals surface area contributed by atoms with Gasteiger partial charge in [-0.25, -0.2) is 13.9 Å². The van der Waals surface area contributed by atoms with Gasteiger partial charge in [0.1, 0.15) is 12.4 Å². The van der Waals surface area contributed by atoms with E-state index in [2.05, 4.69) is 20.7 Å². The molecule has 0 atom stereocenters. The second-order valence-corrected chi connectivity index (χ2v) is 8.73. The maximum Gasteiger partial charge on any atom is 0.337 e. The largest absolute Gasteiger partial charge is 0.473 e. The van der Waals surface area contributed by atoms with E-state index >= 15 is 0 Å². The molecule has 2 aromatic carbocycles. The Morgan fingerprint density at radius 3 is 2.71 bits per heavy atom. The molecule has 0 radical (unpaired) electrons. The number of benzene rings is 2. The summed E-state index contributed by atoms with van der Waals surface area (Å²) in [7, 11) is 2.88. The third-order valence-electron chi connectivity index (χ3n) is 5.84. The van der Waals surface area contributed by atoms with Gasteiger partial charge in [-0.2, -0.15) is 15.3 Å². The standard InChI is InChI=1S/C29H27FN6O5/c1-39-11-10-32-25-14-21(29(38)40-2)8-9-24(25)34-27(37)13-20-16-33-36(17-20)26-4-3-5-28(35-26)41-18-22-7-6-19(15-31)12-23(22)30/h3-9,12,14,16-17,32H,10-11,13,18H2,1-2H3,(H,34,37). The molecule has 12 heteroatoms. The summed E-state index contributed by atoms with van der Waals surface area (Å²) < 4.78 is 31.2. The van der Waals surface area contributed by atoms with E-state index in [9.17, 15) is 14.0 Å². The lowest BCUT2D eigenvalue weighted by atomic mass is 10.1. The fourth-order valence-electron chi connectivity index (χ4n) is 3.79. The number of nitriles is 1. The number of halogens is 1. The van der Waals surface area contributed by atoms with E-state index in [-0.39, 0.29) is 30.4 Å². The summed E-state index contributed by atoms with van der Waals surface area (Å²) in [6.45, 7) is 0.831. The zero-order chi connectivity index (χ0) is 29.2. The van der Waals surface area contributed by atoms with E-state index in [4.69, 9.17) is 19.5 Å². The molecule has 41 heavy (non-hydrogen) atoms. The topological polar surface area (TPSA) is 140 Å². The predicted octanol–water partition coefficient (Wildman–Crippen LogP) is 3.88. The van der Waals surface area contributed by atoms with Crippen LogP contribution >= 0.6 is 0 Å². The SMILES string of the molecule is COCCNc1cc(C(=O)OC)ccc1NC(=O)Cc1cnn(-c2cccc(OCc3ccc(C#N)cc3F)n2)c1. The van der Waals surface area contributed by atoms with Gasteiger partial charge in [-0.15, -0.1) is 0 Å². The predicted molar refractivity (Wildman–Crippen MR) is 147 cm³/mol. The van der Waals surface area contributed by atoms with Crippen molar-refractivity contribution in [3.63, 3.8) is 0 Å². The first-order valence-electron chi connectivity index (χ1n) is 12.5.